The van der Waals surface area contributed by atoms with Crippen LogP contribution in [-0.4, -0.2) is 11.2 Å². The van der Waals surface area contributed by atoms with Crippen LogP contribution in [0.15, 0.2) is 84.0 Å². The van der Waals surface area contributed by atoms with E-state index in [1.807, 2.05) is 72.8 Å². The molecule has 0 spiro atoms. The summed E-state index contributed by atoms with van der Waals surface area (Å²) in [6.07, 6.45) is 3.52. The molecular weight excluding hydrogens is 272 g/mol. The Hall–Kier alpha value is -2.94. The van der Waals surface area contributed by atoms with Gasteiger partial charge in [0.25, 0.3) is 0 Å². The van der Waals surface area contributed by atoms with Crippen molar-refractivity contribution >= 4 is 12.0 Å². The van der Waals surface area contributed by atoms with Crippen molar-refractivity contribution in [3.63, 3.8) is 0 Å². The summed E-state index contributed by atoms with van der Waals surface area (Å²) >= 11 is 0. The summed E-state index contributed by atoms with van der Waals surface area (Å²) in [5.74, 6) is 1.55. The number of aliphatic imine (C=N–C) groups is 1. The molecule has 3 heteroatoms. The van der Waals surface area contributed by atoms with Gasteiger partial charge in [0.05, 0.1) is 0 Å². The van der Waals surface area contributed by atoms with Gasteiger partial charge in [-0.2, -0.15) is 0 Å². The number of hydrogen-bond acceptors (Lipinski definition) is 3. The van der Waals surface area contributed by atoms with Gasteiger partial charge in [0.1, 0.15) is 12.4 Å². The Labute approximate surface area is 130 Å². The Morgan fingerprint density at radius 1 is 0.864 bits per heavy atom. The maximum atomic E-state index is 5.75. The van der Waals surface area contributed by atoms with Crippen molar-refractivity contribution in [1.29, 1.82) is 0 Å². The molecule has 0 saturated carbocycles. The SMILES string of the molecule is C(=Nc1ccccn1)c1ccc(OCc2ccccc2)cc1. The first-order chi connectivity index (χ1) is 10.9. The molecule has 0 saturated heterocycles. The number of nitrogens with zero attached hydrogens (tertiary/aromatic N) is 2. The summed E-state index contributed by atoms with van der Waals surface area (Å²) in [4.78, 5) is 8.47. The van der Waals surface area contributed by atoms with E-state index in [-0.39, 0.29) is 0 Å². The minimum atomic E-state index is 0.572. The highest BCUT2D eigenvalue weighted by Crippen LogP contribution is 2.14. The van der Waals surface area contributed by atoms with Gasteiger partial charge in [-0.3, -0.25) is 0 Å². The van der Waals surface area contributed by atoms with Gasteiger partial charge in [-0.05, 0) is 47.5 Å². The Balaban J connectivity index is 1.59. The molecule has 108 valence electrons. The molecule has 0 N–H and O–H groups in total. The van der Waals surface area contributed by atoms with E-state index >= 15 is 0 Å². The zero-order valence-electron chi connectivity index (χ0n) is 12.1. The summed E-state index contributed by atoms with van der Waals surface area (Å²) in [5, 5.41) is 0. The minimum Gasteiger partial charge on any atom is -0.489 e. The van der Waals surface area contributed by atoms with E-state index in [9.17, 15) is 0 Å². The van der Waals surface area contributed by atoms with E-state index in [4.69, 9.17) is 4.74 Å². The average molecular weight is 288 g/mol. The topological polar surface area (TPSA) is 34.5 Å². The third-order valence-electron chi connectivity index (χ3n) is 3.12. The maximum absolute atomic E-state index is 5.75. The predicted octanol–water partition coefficient (Wildman–Crippen LogP) is 4.41. The highest BCUT2D eigenvalue weighted by Gasteiger charge is 1.96. The van der Waals surface area contributed by atoms with Crippen molar-refractivity contribution < 1.29 is 4.74 Å². The van der Waals surface area contributed by atoms with Gasteiger partial charge >= 0.3 is 0 Å². The van der Waals surface area contributed by atoms with Gasteiger partial charge in [-0.15, -0.1) is 0 Å². The zero-order valence-corrected chi connectivity index (χ0v) is 12.1. The fourth-order valence-electron chi connectivity index (χ4n) is 1.96. The van der Waals surface area contributed by atoms with Crippen LogP contribution >= 0.6 is 0 Å². The number of aromatic nitrogens is 1. The highest BCUT2D eigenvalue weighted by molar-refractivity contribution is 5.81. The van der Waals surface area contributed by atoms with Crippen molar-refractivity contribution in [3.8, 4) is 5.75 Å². The Morgan fingerprint density at radius 3 is 2.36 bits per heavy atom. The van der Waals surface area contributed by atoms with Crippen LogP contribution in [0.1, 0.15) is 11.1 Å². The maximum Gasteiger partial charge on any atom is 0.151 e. The molecule has 0 aliphatic rings. The fraction of sp³-hybridized carbons (Fsp3) is 0.0526. The van der Waals surface area contributed by atoms with Gasteiger partial charge in [-0.25, -0.2) is 9.98 Å². The Morgan fingerprint density at radius 2 is 1.64 bits per heavy atom. The highest BCUT2D eigenvalue weighted by atomic mass is 16.5. The molecule has 3 rings (SSSR count). The van der Waals surface area contributed by atoms with Crippen LogP contribution in [-0.2, 0) is 6.61 Å². The Bertz CT molecular complexity index is 722. The van der Waals surface area contributed by atoms with Crippen LogP contribution in [0.3, 0.4) is 0 Å². The lowest BCUT2D eigenvalue weighted by Gasteiger charge is -2.06. The number of rotatable bonds is 5. The van der Waals surface area contributed by atoms with Gasteiger partial charge in [-0.1, -0.05) is 36.4 Å². The molecular formula is C19H16N2O. The third-order valence-corrected chi connectivity index (χ3v) is 3.12. The normalized spacial score (nSPS) is 10.7. The first-order valence-corrected chi connectivity index (χ1v) is 7.12. The molecule has 0 aliphatic heterocycles. The smallest absolute Gasteiger partial charge is 0.151 e. The summed E-state index contributed by atoms with van der Waals surface area (Å²) in [5.41, 5.74) is 2.17. The zero-order chi connectivity index (χ0) is 15.0. The van der Waals surface area contributed by atoms with Crippen LogP contribution < -0.4 is 4.74 Å². The van der Waals surface area contributed by atoms with Crippen molar-refractivity contribution in [1.82, 2.24) is 4.98 Å². The molecule has 3 aromatic rings. The summed E-state index contributed by atoms with van der Waals surface area (Å²) in [6, 6.07) is 23.6. The van der Waals surface area contributed by atoms with Crippen molar-refractivity contribution in [2.75, 3.05) is 0 Å². The van der Waals surface area contributed by atoms with Crippen LogP contribution in [0, 0.1) is 0 Å². The second-order valence-electron chi connectivity index (χ2n) is 4.79. The standard InChI is InChI=1S/C19H16N2O/c1-2-6-17(7-3-1)15-22-18-11-9-16(10-12-18)14-21-19-8-4-5-13-20-19/h1-14H,15H2. The number of hydrogen-bond donors (Lipinski definition) is 0. The largest absolute Gasteiger partial charge is 0.489 e. The quantitative estimate of drug-likeness (QED) is 0.652. The molecule has 0 amide bonds. The molecule has 1 aromatic heterocycles. The second-order valence-corrected chi connectivity index (χ2v) is 4.79. The monoisotopic (exact) mass is 288 g/mol. The van der Waals surface area contributed by atoms with Crippen LogP contribution in [0.4, 0.5) is 5.82 Å². The fourth-order valence-corrected chi connectivity index (χ4v) is 1.96. The molecule has 2 aromatic carbocycles. The molecule has 22 heavy (non-hydrogen) atoms. The number of benzene rings is 2. The molecule has 1 heterocycles. The lowest BCUT2D eigenvalue weighted by atomic mass is 10.2. The van der Waals surface area contributed by atoms with Gasteiger partial charge in [0.2, 0.25) is 0 Å². The first kappa shape index (κ1) is 14.0. The number of pyridine rings is 1. The molecule has 0 radical (unpaired) electrons. The lowest BCUT2D eigenvalue weighted by molar-refractivity contribution is 0.306. The van der Waals surface area contributed by atoms with E-state index < -0.39 is 0 Å². The molecule has 0 aliphatic carbocycles. The summed E-state index contributed by atoms with van der Waals surface area (Å²) in [7, 11) is 0. The van der Waals surface area contributed by atoms with Gasteiger partial charge < -0.3 is 4.74 Å². The molecule has 0 fully saturated rings. The van der Waals surface area contributed by atoms with Crippen LogP contribution in [0.25, 0.3) is 0 Å². The molecule has 3 nitrogen and oxygen atoms in total. The summed E-state index contributed by atoms with van der Waals surface area (Å²) in [6.45, 7) is 0.572. The average Bonchev–Trinajstić information content (AvgIpc) is 2.61. The van der Waals surface area contributed by atoms with Crippen molar-refractivity contribution in [2.24, 2.45) is 4.99 Å². The molecule has 0 bridgehead atoms. The van der Waals surface area contributed by atoms with Crippen molar-refractivity contribution in [2.45, 2.75) is 6.61 Å². The first-order valence-electron chi connectivity index (χ1n) is 7.12. The summed E-state index contributed by atoms with van der Waals surface area (Å²) < 4.78 is 5.75. The van der Waals surface area contributed by atoms with Crippen molar-refractivity contribution in [3.05, 3.63) is 90.1 Å². The van der Waals surface area contributed by atoms with E-state index in [0.29, 0.717) is 12.4 Å². The third kappa shape index (κ3) is 4.03. The minimum absolute atomic E-state index is 0.572. The lowest BCUT2D eigenvalue weighted by Crippen LogP contribution is -1.94. The van der Waals surface area contributed by atoms with Crippen LogP contribution in [0.2, 0.25) is 0 Å². The van der Waals surface area contributed by atoms with E-state index in [2.05, 4.69) is 9.98 Å². The molecule has 0 atom stereocenters. The molecule has 0 unspecified atom stereocenters. The van der Waals surface area contributed by atoms with Gasteiger partial charge in [0.15, 0.2) is 5.82 Å². The number of ether oxygens (including phenoxy) is 1. The Kier molecular flexibility index (Phi) is 4.57. The van der Waals surface area contributed by atoms with E-state index in [1.54, 1.807) is 12.4 Å². The predicted molar refractivity (Wildman–Crippen MR) is 88.7 cm³/mol. The van der Waals surface area contributed by atoms with Gasteiger partial charge in [0, 0.05) is 12.4 Å². The van der Waals surface area contributed by atoms with Crippen LogP contribution in [0.5, 0.6) is 5.75 Å². The van der Waals surface area contributed by atoms with E-state index in [1.165, 1.54) is 0 Å². The second kappa shape index (κ2) is 7.18. The van der Waals surface area contributed by atoms with E-state index in [0.717, 1.165) is 16.9 Å².